The number of nitrogens with zero attached hydrogens (tertiary/aromatic N) is 3. The van der Waals surface area contributed by atoms with Crippen molar-refractivity contribution in [1.82, 2.24) is 0 Å². The van der Waals surface area contributed by atoms with Gasteiger partial charge >= 0.3 is 5.97 Å². The van der Waals surface area contributed by atoms with E-state index in [1.165, 1.54) is 6.08 Å². The number of rotatable bonds is 3. The molecule has 1 aliphatic rings. The van der Waals surface area contributed by atoms with Crippen molar-refractivity contribution in [2.45, 2.75) is 6.10 Å². The zero-order chi connectivity index (χ0) is 8.97. The van der Waals surface area contributed by atoms with Crippen LogP contribution in [0.2, 0.25) is 0 Å². The van der Waals surface area contributed by atoms with E-state index in [0.717, 1.165) is 0 Å². The standard InChI is InChI=1S/C6H7N3O3/c7-9-8-2-5(10)4-1-6(11)12-3-4/h1,5,10H,2-3H2. The maximum atomic E-state index is 10.5. The molecule has 0 radical (unpaired) electrons. The summed E-state index contributed by atoms with van der Waals surface area (Å²) in [6.45, 7) is 0.0138. The molecule has 0 spiro atoms. The van der Waals surface area contributed by atoms with Crippen LogP contribution in [0.5, 0.6) is 0 Å². The van der Waals surface area contributed by atoms with Crippen molar-refractivity contribution in [3.05, 3.63) is 22.1 Å². The molecular formula is C6H7N3O3. The third-order valence-corrected chi connectivity index (χ3v) is 1.43. The second-order valence-corrected chi connectivity index (χ2v) is 2.26. The minimum Gasteiger partial charge on any atom is -0.458 e. The van der Waals surface area contributed by atoms with Gasteiger partial charge in [-0.25, -0.2) is 4.79 Å². The Labute approximate surface area is 68.1 Å². The van der Waals surface area contributed by atoms with Crippen molar-refractivity contribution in [3.63, 3.8) is 0 Å². The number of esters is 1. The molecule has 1 aliphatic heterocycles. The smallest absolute Gasteiger partial charge is 0.331 e. The summed E-state index contributed by atoms with van der Waals surface area (Å²) in [6, 6.07) is 0. The molecule has 0 saturated carbocycles. The summed E-state index contributed by atoms with van der Waals surface area (Å²) in [5.41, 5.74) is 8.39. The van der Waals surface area contributed by atoms with E-state index in [1.54, 1.807) is 0 Å². The van der Waals surface area contributed by atoms with Crippen LogP contribution < -0.4 is 0 Å². The maximum absolute atomic E-state index is 10.5. The number of cyclic esters (lactones) is 1. The monoisotopic (exact) mass is 169 g/mol. The fourth-order valence-electron chi connectivity index (χ4n) is 0.813. The van der Waals surface area contributed by atoms with Gasteiger partial charge in [0, 0.05) is 16.6 Å². The molecule has 1 unspecified atom stereocenters. The predicted octanol–water partition coefficient (Wildman–Crippen LogP) is 0.141. The van der Waals surface area contributed by atoms with Gasteiger partial charge in [0.15, 0.2) is 0 Å². The van der Waals surface area contributed by atoms with Gasteiger partial charge in [0.25, 0.3) is 0 Å². The van der Waals surface area contributed by atoms with Crippen molar-refractivity contribution in [2.75, 3.05) is 13.2 Å². The highest BCUT2D eigenvalue weighted by Gasteiger charge is 2.18. The Morgan fingerprint density at radius 1 is 1.92 bits per heavy atom. The van der Waals surface area contributed by atoms with Crippen LogP contribution in [0.3, 0.4) is 0 Å². The molecular weight excluding hydrogens is 162 g/mol. The number of carbonyl (C=O) groups excluding carboxylic acids is 1. The first kappa shape index (κ1) is 8.58. The lowest BCUT2D eigenvalue weighted by Crippen LogP contribution is -2.14. The van der Waals surface area contributed by atoms with E-state index in [-0.39, 0.29) is 13.2 Å². The van der Waals surface area contributed by atoms with Gasteiger partial charge in [-0.2, -0.15) is 0 Å². The molecule has 0 amide bonds. The van der Waals surface area contributed by atoms with Crippen molar-refractivity contribution < 1.29 is 14.6 Å². The molecule has 1 heterocycles. The first-order valence-corrected chi connectivity index (χ1v) is 3.30. The largest absolute Gasteiger partial charge is 0.458 e. The summed E-state index contributed by atoms with van der Waals surface area (Å²) in [7, 11) is 0. The number of hydrogen-bond donors (Lipinski definition) is 1. The van der Waals surface area contributed by atoms with Crippen LogP contribution in [0.15, 0.2) is 16.8 Å². The number of hydrogen-bond acceptors (Lipinski definition) is 4. The second-order valence-electron chi connectivity index (χ2n) is 2.26. The Morgan fingerprint density at radius 3 is 3.17 bits per heavy atom. The van der Waals surface area contributed by atoms with Crippen LogP contribution in [0.4, 0.5) is 0 Å². The number of aliphatic hydroxyl groups is 1. The normalized spacial score (nSPS) is 17.8. The number of azide groups is 1. The Bertz CT molecular complexity index is 267. The third kappa shape index (κ3) is 1.98. The lowest BCUT2D eigenvalue weighted by atomic mass is 10.1. The van der Waals surface area contributed by atoms with E-state index in [2.05, 4.69) is 14.8 Å². The van der Waals surface area contributed by atoms with E-state index in [0.29, 0.717) is 5.57 Å². The molecule has 0 aromatic carbocycles. The van der Waals surface area contributed by atoms with Gasteiger partial charge in [0.2, 0.25) is 0 Å². The van der Waals surface area contributed by atoms with E-state index in [1.807, 2.05) is 0 Å². The first-order valence-electron chi connectivity index (χ1n) is 3.30. The molecule has 0 fully saturated rings. The average molecular weight is 169 g/mol. The molecule has 6 heteroatoms. The van der Waals surface area contributed by atoms with E-state index < -0.39 is 12.1 Å². The highest BCUT2D eigenvalue weighted by Crippen LogP contribution is 2.10. The van der Waals surface area contributed by atoms with Crippen LogP contribution in [0, 0.1) is 0 Å². The van der Waals surface area contributed by atoms with E-state index >= 15 is 0 Å². The van der Waals surface area contributed by atoms with Gasteiger partial charge in [-0.15, -0.1) is 0 Å². The molecule has 12 heavy (non-hydrogen) atoms. The zero-order valence-electron chi connectivity index (χ0n) is 6.17. The molecule has 1 atom stereocenters. The molecule has 6 nitrogen and oxygen atoms in total. The molecule has 64 valence electrons. The lowest BCUT2D eigenvalue weighted by Gasteiger charge is -2.05. The fraction of sp³-hybridized carbons (Fsp3) is 0.500. The van der Waals surface area contributed by atoms with Crippen LogP contribution in [0.25, 0.3) is 10.4 Å². The van der Waals surface area contributed by atoms with Crippen LogP contribution in [-0.2, 0) is 9.53 Å². The van der Waals surface area contributed by atoms with Gasteiger partial charge in [-0.3, -0.25) is 0 Å². The van der Waals surface area contributed by atoms with Crippen LogP contribution in [0.1, 0.15) is 0 Å². The average Bonchev–Trinajstić information content (AvgIpc) is 2.47. The van der Waals surface area contributed by atoms with Gasteiger partial charge in [0.1, 0.15) is 6.61 Å². The van der Waals surface area contributed by atoms with Gasteiger partial charge in [-0.1, -0.05) is 5.11 Å². The van der Waals surface area contributed by atoms with E-state index in [4.69, 9.17) is 5.53 Å². The Hall–Kier alpha value is -1.52. The quantitative estimate of drug-likeness (QED) is 0.281. The highest BCUT2D eigenvalue weighted by atomic mass is 16.5. The summed E-state index contributed by atoms with van der Waals surface area (Å²) >= 11 is 0. The molecule has 0 aliphatic carbocycles. The van der Waals surface area contributed by atoms with Crippen molar-refractivity contribution >= 4 is 5.97 Å². The molecule has 0 saturated heterocycles. The third-order valence-electron chi connectivity index (χ3n) is 1.43. The summed E-state index contributed by atoms with van der Waals surface area (Å²) in [5, 5.41) is 12.4. The predicted molar refractivity (Wildman–Crippen MR) is 39.1 cm³/mol. The first-order chi connectivity index (χ1) is 5.74. The van der Waals surface area contributed by atoms with Crippen molar-refractivity contribution in [2.24, 2.45) is 5.11 Å². The number of aliphatic hydroxyl groups excluding tert-OH is 1. The maximum Gasteiger partial charge on any atom is 0.331 e. The van der Waals surface area contributed by atoms with Crippen LogP contribution in [-0.4, -0.2) is 30.3 Å². The fourth-order valence-corrected chi connectivity index (χ4v) is 0.813. The van der Waals surface area contributed by atoms with Gasteiger partial charge < -0.3 is 9.84 Å². The summed E-state index contributed by atoms with van der Waals surface area (Å²) in [4.78, 5) is 13.0. The molecule has 0 aromatic rings. The van der Waals surface area contributed by atoms with Crippen molar-refractivity contribution in [1.29, 1.82) is 0 Å². The molecule has 1 N–H and O–H groups in total. The summed E-state index contributed by atoms with van der Waals surface area (Å²) in [5.74, 6) is -0.468. The minimum atomic E-state index is -0.910. The van der Waals surface area contributed by atoms with Crippen molar-refractivity contribution in [3.8, 4) is 0 Å². The van der Waals surface area contributed by atoms with Crippen LogP contribution >= 0.6 is 0 Å². The number of ether oxygens (including phenoxy) is 1. The Kier molecular flexibility index (Phi) is 2.68. The Morgan fingerprint density at radius 2 is 2.67 bits per heavy atom. The van der Waals surface area contributed by atoms with E-state index in [9.17, 15) is 9.90 Å². The molecule has 0 aromatic heterocycles. The highest BCUT2D eigenvalue weighted by molar-refractivity contribution is 5.85. The van der Waals surface area contributed by atoms with Gasteiger partial charge in [-0.05, 0) is 5.53 Å². The molecule has 0 bridgehead atoms. The topological polar surface area (TPSA) is 95.3 Å². The zero-order valence-corrected chi connectivity index (χ0v) is 6.17. The SMILES string of the molecule is [N-]=[N+]=NCC(O)C1=CC(=O)OC1. The Balaban J connectivity index is 2.52. The second kappa shape index (κ2) is 3.75. The minimum absolute atomic E-state index is 0.0705. The van der Waals surface area contributed by atoms with Gasteiger partial charge in [0.05, 0.1) is 12.6 Å². The lowest BCUT2D eigenvalue weighted by molar-refractivity contribution is -0.135. The summed E-state index contributed by atoms with van der Waals surface area (Å²) < 4.78 is 4.54. The summed E-state index contributed by atoms with van der Waals surface area (Å²) in [6.07, 6.45) is 0.296. The molecule has 1 rings (SSSR count). The number of carbonyl (C=O) groups is 1.